The zero-order valence-electron chi connectivity index (χ0n) is 33.5. The first-order chi connectivity index (χ1) is 30.7. The van der Waals surface area contributed by atoms with Crippen molar-refractivity contribution >= 4 is 53.3 Å². The van der Waals surface area contributed by atoms with Gasteiger partial charge in [-0.1, -0.05) is 182 Å². The molecule has 0 atom stereocenters. The number of hydrogen-bond acceptors (Lipinski definition) is 4. The summed E-state index contributed by atoms with van der Waals surface area (Å²) in [6.07, 6.45) is 0. The van der Waals surface area contributed by atoms with Gasteiger partial charge >= 0.3 is 0 Å². The minimum absolute atomic E-state index is 0.602. The highest BCUT2D eigenvalue weighted by Gasteiger charge is 2.23. The van der Waals surface area contributed by atoms with Gasteiger partial charge in [0, 0.05) is 53.2 Å². The molecule has 0 saturated carbocycles. The van der Waals surface area contributed by atoms with E-state index in [1.807, 2.05) is 29.5 Å². The molecule has 0 bridgehead atoms. The number of rotatable bonds is 7. The topological polar surface area (TPSA) is 43.6 Å². The Morgan fingerprint density at radius 3 is 1.52 bits per heavy atom. The SMILES string of the molecule is c1ccc(-c2nc(-c3cccc(-c4cccc5c4sc4ccccc45)c3)nc(-c3cc(-c4ccccc4)c(-c4ccccc4)c(-n4c5ccccc5c5ccccc54)c3)n2)cc1. The molecule has 12 aromatic rings. The number of aromatic nitrogens is 4. The lowest BCUT2D eigenvalue weighted by Crippen LogP contribution is -2.04. The molecular formula is C57H36N4S. The molecule has 0 aliphatic heterocycles. The van der Waals surface area contributed by atoms with Crippen LogP contribution >= 0.6 is 11.3 Å². The molecule has 0 radical (unpaired) electrons. The van der Waals surface area contributed by atoms with Crippen LogP contribution in [0.1, 0.15) is 0 Å². The maximum absolute atomic E-state index is 5.39. The molecular weight excluding hydrogens is 773 g/mol. The Morgan fingerprint density at radius 1 is 0.323 bits per heavy atom. The first-order valence-electron chi connectivity index (χ1n) is 20.9. The van der Waals surface area contributed by atoms with Crippen LogP contribution in [0, 0.1) is 0 Å². The van der Waals surface area contributed by atoms with Gasteiger partial charge in [0.05, 0.1) is 16.7 Å². The van der Waals surface area contributed by atoms with Crippen molar-refractivity contribution < 1.29 is 0 Å². The van der Waals surface area contributed by atoms with E-state index in [4.69, 9.17) is 15.0 Å². The summed E-state index contributed by atoms with van der Waals surface area (Å²) in [5, 5.41) is 4.96. The van der Waals surface area contributed by atoms with Gasteiger partial charge in [0.1, 0.15) is 0 Å². The van der Waals surface area contributed by atoms with Crippen molar-refractivity contribution in [2.75, 3.05) is 0 Å². The van der Waals surface area contributed by atoms with E-state index in [9.17, 15) is 0 Å². The quantitative estimate of drug-likeness (QED) is 0.161. The third-order valence-electron chi connectivity index (χ3n) is 11.8. The molecule has 62 heavy (non-hydrogen) atoms. The normalized spacial score (nSPS) is 11.5. The molecule has 4 nitrogen and oxygen atoms in total. The summed E-state index contributed by atoms with van der Waals surface area (Å²) in [6, 6.07) is 77.5. The van der Waals surface area contributed by atoms with Gasteiger partial charge in [-0.15, -0.1) is 11.3 Å². The van der Waals surface area contributed by atoms with Gasteiger partial charge in [0.15, 0.2) is 17.5 Å². The Kier molecular flexibility index (Phi) is 8.65. The highest BCUT2D eigenvalue weighted by Crippen LogP contribution is 2.44. The van der Waals surface area contributed by atoms with Crippen molar-refractivity contribution in [2.24, 2.45) is 0 Å². The summed E-state index contributed by atoms with van der Waals surface area (Å²) < 4.78 is 4.98. The Labute approximate surface area is 362 Å². The zero-order chi connectivity index (χ0) is 41.0. The summed E-state index contributed by atoms with van der Waals surface area (Å²) in [7, 11) is 0. The number of thiophene rings is 1. The number of para-hydroxylation sites is 2. The fourth-order valence-electron chi connectivity index (χ4n) is 9.02. The van der Waals surface area contributed by atoms with Crippen LogP contribution in [0.25, 0.3) is 115 Å². The lowest BCUT2D eigenvalue weighted by molar-refractivity contribution is 1.07. The van der Waals surface area contributed by atoms with E-state index >= 15 is 0 Å². The van der Waals surface area contributed by atoms with E-state index in [0.29, 0.717) is 17.5 Å². The smallest absolute Gasteiger partial charge is 0.164 e. The van der Waals surface area contributed by atoms with E-state index in [-0.39, 0.29) is 0 Å². The maximum atomic E-state index is 5.39. The van der Waals surface area contributed by atoms with Gasteiger partial charge in [0.25, 0.3) is 0 Å². The summed E-state index contributed by atoms with van der Waals surface area (Å²) in [6.45, 7) is 0. The molecule has 0 spiro atoms. The van der Waals surface area contributed by atoms with Crippen molar-refractivity contribution in [2.45, 2.75) is 0 Å². The van der Waals surface area contributed by atoms with Gasteiger partial charge in [-0.25, -0.2) is 15.0 Å². The molecule has 9 aromatic carbocycles. The molecule has 12 rings (SSSR count). The summed E-state index contributed by atoms with van der Waals surface area (Å²) in [5.41, 5.74) is 12.8. The molecule has 0 amide bonds. The highest BCUT2D eigenvalue weighted by atomic mass is 32.1. The second-order valence-corrected chi connectivity index (χ2v) is 16.6. The second kappa shape index (κ2) is 14.9. The van der Waals surface area contributed by atoms with Crippen LogP contribution in [0.5, 0.6) is 0 Å². The first kappa shape index (κ1) is 35.9. The first-order valence-corrected chi connectivity index (χ1v) is 21.7. The Morgan fingerprint density at radius 2 is 0.823 bits per heavy atom. The fourth-order valence-corrected chi connectivity index (χ4v) is 10.3. The Bertz CT molecular complexity index is 3580. The molecule has 0 aliphatic rings. The third kappa shape index (κ3) is 6.09. The van der Waals surface area contributed by atoms with Crippen LogP contribution in [-0.2, 0) is 0 Å². The Balaban J connectivity index is 1.13. The molecule has 3 aromatic heterocycles. The van der Waals surface area contributed by atoms with E-state index in [0.717, 1.165) is 61.2 Å². The number of nitrogens with zero attached hydrogens (tertiary/aromatic N) is 4. The Hall–Kier alpha value is -7.99. The van der Waals surface area contributed by atoms with Crippen LogP contribution in [-0.4, -0.2) is 19.5 Å². The fraction of sp³-hybridized carbons (Fsp3) is 0. The van der Waals surface area contributed by atoms with Crippen LogP contribution in [0.3, 0.4) is 0 Å². The van der Waals surface area contributed by atoms with Crippen molar-refractivity contribution in [1.82, 2.24) is 19.5 Å². The largest absolute Gasteiger partial charge is 0.309 e. The number of benzene rings is 9. The van der Waals surface area contributed by atoms with Gasteiger partial charge in [-0.05, 0) is 64.2 Å². The monoisotopic (exact) mass is 808 g/mol. The van der Waals surface area contributed by atoms with Crippen LogP contribution in [0.2, 0.25) is 0 Å². The zero-order valence-corrected chi connectivity index (χ0v) is 34.3. The third-order valence-corrected chi connectivity index (χ3v) is 13.1. The minimum Gasteiger partial charge on any atom is -0.309 e. The average molecular weight is 809 g/mol. The lowest BCUT2D eigenvalue weighted by Gasteiger charge is -2.20. The number of fused-ring (bicyclic) bond motifs is 6. The lowest BCUT2D eigenvalue weighted by atomic mass is 9.90. The average Bonchev–Trinajstić information content (AvgIpc) is 3.90. The van der Waals surface area contributed by atoms with Gasteiger partial charge in [0.2, 0.25) is 0 Å². The molecule has 0 fully saturated rings. The standard InChI is InChI=1S/C57H36N4S/c1-4-18-37(19-5-1)48-35-42(36-51(53(48)38-20-6-2-7-21-38)61-49-31-13-10-26-44(49)45-27-11-14-32-50(45)61)57-59-55(39-22-8-3-9-23-39)58-56(60-57)41-25-16-24-40(34-41)43-29-17-30-47-46-28-12-15-33-52(46)62-54(43)47/h1-36H. The minimum atomic E-state index is 0.602. The summed E-state index contributed by atoms with van der Waals surface area (Å²) in [5.74, 6) is 1.84. The molecule has 0 unspecified atom stereocenters. The van der Waals surface area contributed by atoms with Crippen LogP contribution < -0.4 is 0 Å². The second-order valence-electron chi connectivity index (χ2n) is 15.6. The van der Waals surface area contributed by atoms with E-state index in [2.05, 4.69) is 205 Å². The van der Waals surface area contributed by atoms with Crippen molar-refractivity contribution in [1.29, 1.82) is 0 Å². The summed E-state index contributed by atoms with van der Waals surface area (Å²) >= 11 is 1.84. The van der Waals surface area contributed by atoms with Gasteiger partial charge in [-0.3, -0.25) is 0 Å². The predicted molar refractivity (Wildman–Crippen MR) is 260 cm³/mol. The van der Waals surface area contributed by atoms with Crippen LogP contribution in [0.15, 0.2) is 218 Å². The van der Waals surface area contributed by atoms with E-state index < -0.39 is 0 Å². The highest BCUT2D eigenvalue weighted by molar-refractivity contribution is 7.26. The molecule has 5 heteroatoms. The van der Waals surface area contributed by atoms with Crippen molar-refractivity contribution in [3.63, 3.8) is 0 Å². The number of hydrogen-bond donors (Lipinski definition) is 0. The molecule has 0 aliphatic carbocycles. The molecule has 0 saturated heterocycles. The molecule has 3 heterocycles. The van der Waals surface area contributed by atoms with E-state index in [1.165, 1.54) is 36.5 Å². The van der Waals surface area contributed by atoms with E-state index in [1.54, 1.807) is 0 Å². The van der Waals surface area contributed by atoms with Gasteiger partial charge in [-0.2, -0.15) is 0 Å². The summed E-state index contributed by atoms with van der Waals surface area (Å²) in [4.78, 5) is 15.9. The van der Waals surface area contributed by atoms with Crippen molar-refractivity contribution in [3.05, 3.63) is 218 Å². The van der Waals surface area contributed by atoms with Crippen molar-refractivity contribution in [3.8, 4) is 73.2 Å². The van der Waals surface area contributed by atoms with Crippen LogP contribution in [0.4, 0.5) is 0 Å². The molecule has 290 valence electrons. The molecule has 0 N–H and O–H groups in total. The van der Waals surface area contributed by atoms with Gasteiger partial charge < -0.3 is 4.57 Å². The predicted octanol–water partition coefficient (Wildman–Crippen LogP) is 15.3. The maximum Gasteiger partial charge on any atom is 0.164 e.